The average molecular weight is 349 g/mol. The van der Waals surface area contributed by atoms with Gasteiger partial charge in [0.05, 0.1) is 19.8 Å². The van der Waals surface area contributed by atoms with E-state index >= 15 is 0 Å². The number of rotatable bonds is 8. The Balaban J connectivity index is 2.01. The number of hydrogen-bond donors (Lipinski definition) is 0. The van der Waals surface area contributed by atoms with Gasteiger partial charge in [0.1, 0.15) is 0 Å². The summed E-state index contributed by atoms with van der Waals surface area (Å²) >= 11 is 0. The molecule has 1 atom stereocenters. The Morgan fingerprint density at radius 3 is 2.38 bits per heavy atom. The maximum absolute atomic E-state index is 11.7. The number of hydrogen-bond acceptors (Lipinski definition) is 4. The summed E-state index contributed by atoms with van der Waals surface area (Å²) in [6.07, 6.45) is 6.85. The van der Waals surface area contributed by atoms with Crippen molar-refractivity contribution in [1.29, 1.82) is 0 Å². The molecule has 24 heavy (non-hydrogen) atoms. The summed E-state index contributed by atoms with van der Waals surface area (Å²) in [5.41, 5.74) is 0.794. The van der Waals surface area contributed by atoms with Crippen LogP contribution in [0.1, 0.15) is 24.8 Å². The number of ether oxygens (including phenoxy) is 2. The van der Waals surface area contributed by atoms with Crippen LogP contribution in [0, 0.1) is 0 Å². The van der Waals surface area contributed by atoms with Gasteiger partial charge < -0.3 is 13.9 Å². The van der Waals surface area contributed by atoms with E-state index in [1.807, 2.05) is 18.2 Å². The summed E-state index contributed by atoms with van der Waals surface area (Å²) in [7, 11) is 1.56. The molecule has 0 aliphatic heterocycles. The molecule has 0 N–H and O–H groups in total. The van der Waals surface area contributed by atoms with Crippen molar-refractivity contribution in [3.05, 3.63) is 35.9 Å². The zero-order chi connectivity index (χ0) is 17.8. The fraction of sp³-hybridized carbons (Fsp3) is 0.526. The van der Waals surface area contributed by atoms with Crippen LogP contribution in [-0.4, -0.2) is 33.9 Å². The van der Waals surface area contributed by atoms with E-state index in [2.05, 4.69) is 25.7 Å². The summed E-state index contributed by atoms with van der Waals surface area (Å²) in [4.78, 5) is 11.7. The van der Waals surface area contributed by atoms with Gasteiger partial charge in [-0.25, -0.2) is 0 Å². The lowest BCUT2D eigenvalue weighted by molar-refractivity contribution is -0.116. The number of carbonyl (C=O) groups is 1. The van der Waals surface area contributed by atoms with E-state index in [0.717, 1.165) is 30.8 Å². The van der Waals surface area contributed by atoms with Crippen molar-refractivity contribution in [3.8, 4) is 11.5 Å². The van der Waals surface area contributed by atoms with Gasteiger partial charge >= 0.3 is 0 Å². The fourth-order valence-electron chi connectivity index (χ4n) is 3.19. The highest BCUT2D eigenvalue weighted by molar-refractivity contribution is 6.69. The van der Waals surface area contributed by atoms with Crippen LogP contribution in [0.15, 0.2) is 30.4 Å². The predicted molar refractivity (Wildman–Crippen MR) is 98.4 cm³/mol. The van der Waals surface area contributed by atoms with E-state index in [9.17, 15) is 4.79 Å². The minimum absolute atomic E-state index is 0.166. The van der Waals surface area contributed by atoms with Gasteiger partial charge in [-0.2, -0.15) is 0 Å². The molecule has 0 saturated carbocycles. The average Bonchev–Trinajstić information content (AvgIpc) is 2.86. The van der Waals surface area contributed by atoms with Gasteiger partial charge in [0, 0.05) is 6.42 Å². The molecular formula is C19H28O4Si. The Bertz CT molecular complexity index is 618. The monoisotopic (exact) mass is 348 g/mol. The maximum Gasteiger partial charge on any atom is 0.184 e. The van der Waals surface area contributed by atoms with Crippen molar-refractivity contribution in [2.45, 2.75) is 50.9 Å². The first-order chi connectivity index (χ1) is 11.3. The molecule has 2 rings (SSSR count). The Hall–Kier alpha value is -1.59. The van der Waals surface area contributed by atoms with E-state index in [4.69, 9.17) is 13.9 Å². The summed E-state index contributed by atoms with van der Waals surface area (Å²) in [5.74, 6) is 1.66. The first-order valence-electron chi connectivity index (χ1n) is 8.40. The highest BCUT2D eigenvalue weighted by Crippen LogP contribution is 2.34. The lowest BCUT2D eigenvalue weighted by atomic mass is 9.94. The third kappa shape index (κ3) is 4.95. The van der Waals surface area contributed by atoms with Crippen LogP contribution in [0.2, 0.25) is 19.6 Å². The van der Waals surface area contributed by atoms with Gasteiger partial charge in [0.25, 0.3) is 0 Å². The van der Waals surface area contributed by atoms with E-state index in [0.29, 0.717) is 6.42 Å². The number of benzene rings is 1. The van der Waals surface area contributed by atoms with Crippen molar-refractivity contribution in [1.82, 2.24) is 0 Å². The zero-order valence-corrected chi connectivity index (χ0v) is 16.3. The number of allylic oxidation sites excluding steroid dienone is 1. The summed E-state index contributed by atoms with van der Waals surface area (Å²) in [6.45, 7) is 6.50. The molecule has 1 unspecified atom stereocenters. The number of aryl methyl sites for hydroxylation is 1. The van der Waals surface area contributed by atoms with Gasteiger partial charge in [-0.1, -0.05) is 12.1 Å². The molecule has 1 aliphatic carbocycles. The lowest BCUT2D eigenvalue weighted by Gasteiger charge is -2.34. The van der Waals surface area contributed by atoms with Crippen molar-refractivity contribution in [3.63, 3.8) is 0 Å². The molecule has 1 aromatic rings. The molecule has 0 saturated heterocycles. The van der Waals surface area contributed by atoms with E-state index in [1.54, 1.807) is 20.3 Å². The summed E-state index contributed by atoms with van der Waals surface area (Å²) in [5, 5.41) is 0. The van der Waals surface area contributed by atoms with Gasteiger partial charge in [0.2, 0.25) is 0 Å². The highest BCUT2D eigenvalue weighted by Gasteiger charge is 2.38. The van der Waals surface area contributed by atoms with Crippen LogP contribution < -0.4 is 9.47 Å². The zero-order valence-electron chi connectivity index (χ0n) is 15.3. The maximum atomic E-state index is 11.7. The number of ketones is 1. The molecule has 4 nitrogen and oxygen atoms in total. The largest absolute Gasteiger partial charge is 0.493 e. The van der Waals surface area contributed by atoms with Gasteiger partial charge in [-0.05, 0) is 62.7 Å². The topological polar surface area (TPSA) is 44.8 Å². The third-order valence-corrected chi connectivity index (χ3v) is 5.09. The van der Waals surface area contributed by atoms with Crippen LogP contribution in [-0.2, 0) is 15.6 Å². The molecule has 0 radical (unpaired) electrons. The van der Waals surface area contributed by atoms with Crippen LogP contribution in [0.4, 0.5) is 0 Å². The van der Waals surface area contributed by atoms with Crippen molar-refractivity contribution >= 4 is 14.1 Å². The first kappa shape index (κ1) is 18.7. The van der Waals surface area contributed by atoms with Crippen molar-refractivity contribution in [2.24, 2.45) is 0 Å². The molecule has 0 fully saturated rings. The second kappa shape index (κ2) is 7.53. The first-order valence-corrected chi connectivity index (χ1v) is 11.8. The molecule has 0 bridgehead atoms. The minimum Gasteiger partial charge on any atom is -0.493 e. The molecular weight excluding hydrogens is 320 g/mol. The predicted octanol–water partition coefficient (Wildman–Crippen LogP) is 4.15. The molecule has 5 heteroatoms. The number of methoxy groups -OCH3 is 2. The molecule has 0 heterocycles. The van der Waals surface area contributed by atoms with Gasteiger partial charge in [-0.15, -0.1) is 0 Å². The Kier molecular flexibility index (Phi) is 5.88. The standard InChI is InChI=1S/C19H28O4Si/c1-21-17-9-8-15(13-18(17)22-2)7-6-11-19(23-24(3,4)5)12-10-16(20)14-19/h8-10,12-13H,6-7,11,14H2,1-5H3. The van der Waals surface area contributed by atoms with Crippen molar-refractivity contribution < 1.29 is 18.7 Å². The Morgan fingerprint density at radius 2 is 1.83 bits per heavy atom. The second-order valence-electron chi connectivity index (χ2n) is 7.30. The van der Waals surface area contributed by atoms with E-state index in [1.165, 1.54) is 5.56 Å². The van der Waals surface area contributed by atoms with Crippen LogP contribution in [0.5, 0.6) is 11.5 Å². The normalized spacial score (nSPS) is 20.5. The Morgan fingerprint density at radius 1 is 1.12 bits per heavy atom. The van der Waals surface area contributed by atoms with Crippen molar-refractivity contribution in [2.75, 3.05) is 14.2 Å². The SMILES string of the molecule is COc1ccc(CCCC2(O[Si](C)(C)C)C=CC(=O)C2)cc1OC. The Labute approximate surface area is 145 Å². The molecule has 1 aliphatic rings. The molecule has 0 spiro atoms. The molecule has 1 aromatic carbocycles. The quantitative estimate of drug-likeness (QED) is 0.662. The number of carbonyl (C=O) groups excluding carboxylic acids is 1. The molecule has 0 amide bonds. The smallest absolute Gasteiger partial charge is 0.184 e. The summed E-state index contributed by atoms with van der Waals surface area (Å²) in [6, 6.07) is 6.01. The third-order valence-electron chi connectivity index (χ3n) is 4.07. The van der Waals surface area contributed by atoms with Crippen LogP contribution in [0.25, 0.3) is 0 Å². The summed E-state index contributed by atoms with van der Waals surface area (Å²) < 4.78 is 17.0. The van der Waals surface area contributed by atoms with Crippen LogP contribution >= 0.6 is 0 Å². The lowest BCUT2D eigenvalue weighted by Crippen LogP contribution is -2.41. The van der Waals surface area contributed by atoms with E-state index in [-0.39, 0.29) is 5.78 Å². The molecule has 0 aromatic heterocycles. The fourth-order valence-corrected chi connectivity index (χ4v) is 4.65. The van der Waals surface area contributed by atoms with E-state index < -0.39 is 13.9 Å². The molecule has 132 valence electrons. The van der Waals surface area contributed by atoms with Crippen LogP contribution in [0.3, 0.4) is 0 Å². The minimum atomic E-state index is -1.72. The van der Waals surface area contributed by atoms with Gasteiger partial charge in [-0.3, -0.25) is 4.79 Å². The highest BCUT2D eigenvalue weighted by atomic mass is 28.4. The van der Waals surface area contributed by atoms with Gasteiger partial charge in [0.15, 0.2) is 25.6 Å². The second-order valence-corrected chi connectivity index (χ2v) is 11.7.